The van der Waals surface area contributed by atoms with E-state index in [1.807, 2.05) is 0 Å². The van der Waals surface area contributed by atoms with Crippen molar-refractivity contribution in [1.82, 2.24) is 0 Å². The van der Waals surface area contributed by atoms with Crippen LogP contribution in [0, 0.1) is 5.92 Å². The van der Waals surface area contributed by atoms with Crippen molar-refractivity contribution in [2.75, 3.05) is 39.6 Å². The van der Waals surface area contributed by atoms with Crippen molar-refractivity contribution in [1.29, 1.82) is 0 Å². The normalized spacial score (nSPS) is 14.1. The van der Waals surface area contributed by atoms with E-state index in [2.05, 4.69) is 34.6 Å². The zero-order valence-electron chi connectivity index (χ0n) is 56.2. The molecule has 0 rings (SSSR count). The molecule has 0 amide bonds. The van der Waals surface area contributed by atoms with Gasteiger partial charge in [-0.25, -0.2) is 9.13 Å². The minimum absolute atomic E-state index is 0.103. The first-order valence-corrected chi connectivity index (χ1v) is 38.6. The highest BCUT2D eigenvalue weighted by molar-refractivity contribution is 7.47. The Balaban J connectivity index is 5.05. The van der Waals surface area contributed by atoms with Gasteiger partial charge in [-0.3, -0.25) is 37.3 Å². The Morgan fingerprint density at radius 2 is 0.529 bits per heavy atom. The first kappa shape index (κ1) is 85.1. The molecule has 0 saturated heterocycles. The Morgan fingerprint density at radius 1 is 0.310 bits per heavy atom. The highest BCUT2D eigenvalue weighted by Gasteiger charge is 2.30. The van der Waals surface area contributed by atoms with Gasteiger partial charge >= 0.3 is 39.5 Å². The molecular weight excluding hydrogens is 1150 g/mol. The van der Waals surface area contributed by atoms with Crippen molar-refractivity contribution in [3.63, 3.8) is 0 Å². The summed E-state index contributed by atoms with van der Waals surface area (Å²) >= 11 is 0. The maximum Gasteiger partial charge on any atom is 0.472 e. The third-order valence-electron chi connectivity index (χ3n) is 15.8. The lowest BCUT2D eigenvalue weighted by atomic mass is 10.0. The molecule has 0 aliphatic rings. The van der Waals surface area contributed by atoms with E-state index < -0.39 is 97.5 Å². The molecule has 2 unspecified atom stereocenters. The third kappa shape index (κ3) is 62.6. The third-order valence-corrected chi connectivity index (χ3v) is 17.7. The summed E-state index contributed by atoms with van der Waals surface area (Å²) in [6.45, 7) is 7.08. The van der Waals surface area contributed by atoms with E-state index in [9.17, 15) is 43.2 Å². The van der Waals surface area contributed by atoms with Crippen LogP contribution >= 0.6 is 15.6 Å². The predicted octanol–water partition coefficient (Wildman–Crippen LogP) is 19.4. The molecule has 0 bridgehead atoms. The second-order valence-corrected chi connectivity index (χ2v) is 27.9. The van der Waals surface area contributed by atoms with Crippen LogP contribution in [0.3, 0.4) is 0 Å². The number of esters is 4. The van der Waals surface area contributed by atoms with Gasteiger partial charge < -0.3 is 33.8 Å². The van der Waals surface area contributed by atoms with Crippen molar-refractivity contribution in [3.05, 3.63) is 0 Å². The van der Waals surface area contributed by atoms with Gasteiger partial charge in [0.05, 0.1) is 26.4 Å². The lowest BCUT2D eigenvalue weighted by Crippen LogP contribution is -2.30. The molecule has 19 heteroatoms. The average molecular weight is 1280 g/mol. The van der Waals surface area contributed by atoms with Crippen LogP contribution in [0.15, 0.2) is 0 Å². The van der Waals surface area contributed by atoms with Gasteiger partial charge in [0.2, 0.25) is 0 Å². The number of carbonyl (C=O) groups is 4. The molecule has 0 aliphatic carbocycles. The van der Waals surface area contributed by atoms with Gasteiger partial charge in [-0.2, -0.15) is 0 Å². The summed E-state index contributed by atoms with van der Waals surface area (Å²) in [7, 11) is -9.88. The summed E-state index contributed by atoms with van der Waals surface area (Å²) in [5.74, 6) is -1.39. The van der Waals surface area contributed by atoms with Crippen LogP contribution in [0.4, 0.5) is 0 Å². The molecular formula is C68H132O17P2. The van der Waals surface area contributed by atoms with Gasteiger partial charge in [-0.15, -0.1) is 0 Å². The fraction of sp³-hybridized carbons (Fsp3) is 0.941. The number of aliphatic hydroxyl groups is 1. The van der Waals surface area contributed by atoms with Crippen molar-refractivity contribution in [2.24, 2.45) is 5.92 Å². The van der Waals surface area contributed by atoms with Crippen molar-refractivity contribution in [2.45, 2.75) is 368 Å². The molecule has 5 atom stereocenters. The fourth-order valence-corrected chi connectivity index (χ4v) is 11.9. The van der Waals surface area contributed by atoms with E-state index in [-0.39, 0.29) is 25.7 Å². The second-order valence-electron chi connectivity index (χ2n) is 25.0. The van der Waals surface area contributed by atoms with Gasteiger partial charge in [0.1, 0.15) is 19.3 Å². The lowest BCUT2D eigenvalue weighted by Gasteiger charge is -2.21. The molecule has 0 aromatic carbocycles. The van der Waals surface area contributed by atoms with E-state index >= 15 is 0 Å². The smallest absolute Gasteiger partial charge is 0.462 e. The number of carbonyl (C=O) groups excluding carboxylic acids is 4. The molecule has 516 valence electrons. The topological polar surface area (TPSA) is 237 Å². The summed E-state index contributed by atoms with van der Waals surface area (Å²) in [4.78, 5) is 72.0. The molecule has 0 aromatic rings. The van der Waals surface area contributed by atoms with Crippen LogP contribution in [0.5, 0.6) is 0 Å². The standard InChI is InChI=1S/C68H132O17P2/c1-6-9-12-15-17-18-19-20-21-22-23-24-25-26-27-28-29-30-35-39-44-49-54-68(73)85-64(58-79-66(71)52-47-42-38-34-32-31-33-37-41-45-50-61(4)5)60-83-87(76,77)81-56-62(69)55-80-86(74,75)82-59-63(57-78-65(70)51-46-40-14-11-8-3)84-67(72)53-48-43-36-16-13-10-7-2/h61-64,69H,6-60H2,1-5H3,(H,74,75)(H,76,77)/t62-,63+,64+/m0/s1. The minimum atomic E-state index is -4.95. The number of aliphatic hydroxyl groups excluding tert-OH is 1. The predicted molar refractivity (Wildman–Crippen MR) is 349 cm³/mol. The maximum absolute atomic E-state index is 13.0. The fourth-order valence-electron chi connectivity index (χ4n) is 10.3. The van der Waals surface area contributed by atoms with Gasteiger partial charge in [-0.05, 0) is 31.6 Å². The average Bonchev–Trinajstić information content (AvgIpc) is 3.49. The zero-order chi connectivity index (χ0) is 64.2. The van der Waals surface area contributed by atoms with Crippen LogP contribution in [0.1, 0.15) is 349 Å². The summed E-state index contributed by atoms with van der Waals surface area (Å²) < 4.78 is 67.8. The van der Waals surface area contributed by atoms with E-state index in [0.29, 0.717) is 25.7 Å². The molecule has 0 aliphatic heterocycles. The monoisotopic (exact) mass is 1280 g/mol. The molecule has 0 heterocycles. The van der Waals surface area contributed by atoms with Gasteiger partial charge in [0, 0.05) is 25.7 Å². The molecule has 87 heavy (non-hydrogen) atoms. The summed E-state index contributed by atoms with van der Waals surface area (Å²) in [5, 5.41) is 10.5. The van der Waals surface area contributed by atoms with Crippen LogP contribution in [-0.2, 0) is 65.4 Å². The van der Waals surface area contributed by atoms with Crippen LogP contribution in [0.2, 0.25) is 0 Å². The molecule has 0 saturated carbocycles. The molecule has 3 N–H and O–H groups in total. The second kappa shape index (κ2) is 61.6. The SMILES string of the molecule is CCCCCCCCCCCCCCCCCCCCCCCCC(=O)O[C@H](COC(=O)CCCCCCCCCCCCC(C)C)COP(=O)(O)OC[C@@H](O)COP(=O)(O)OC[C@@H](COC(=O)CCCCCCC)OC(=O)CCCCCCCCC. The number of rotatable bonds is 68. The van der Waals surface area contributed by atoms with Crippen molar-refractivity contribution in [3.8, 4) is 0 Å². The van der Waals surface area contributed by atoms with E-state index in [1.165, 1.54) is 154 Å². The van der Waals surface area contributed by atoms with Crippen molar-refractivity contribution >= 4 is 39.5 Å². The largest absolute Gasteiger partial charge is 0.472 e. The minimum Gasteiger partial charge on any atom is -0.462 e. The number of hydrogen-bond donors (Lipinski definition) is 3. The van der Waals surface area contributed by atoms with Gasteiger partial charge in [0.25, 0.3) is 0 Å². The summed E-state index contributed by atoms with van der Waals surface area (Å²) in [5.41, 5.74) is 0. The summed E-state index contributed by atoms with van der Waals surface area (Å²) in [6, 6.07) is 0. The number of hydrogen-bond acceptors (Lipinski definition) is 15. The molecule has 0 spiro atoms. The molecule has 17 nitrogen and oxygen atoms in total. The quantitative estimate of drug-likeness (QED) is 0.0222. The Hall–Kier alpha value is -1.94. The van der Waals surface area contributed by atoms with Crippen LogP contribution in [0.25, 0.3) is 0 Å². The number of phosphoric acid groups is 2. The molecule has 0 radical (unpaired) electrons. The number of phosphoric ester groups is 2. The molecule has 0 aromatic heterocycles. The number of unbranched alkanes of at least 4 members (excludes halogenated alkanes) is 40. The van der Waals surface area contributed by atoms with E-state index in [0.717, 1.165) is 115 Å². The highest BCUT2D eigenvalue weighted by Crippen LogP contribution is 2.45. The lowest BCUT2D eigenvalue weighted by molar-refractivity contribution is -0.161. The number of ether oxygens (including phenoxy) is 4. The molecule has 0 fully saturated rings. The Labute approximate surface area is 530 Å². The Kier molecular flexibility index (Phi) is 60.2. The first-order valence-electron chi connectivity index (χ1n) is 35.6. The van der Waals surface area contributed by atoms with Gasteiger partial charge in [-0.1, -0.05) is 298 Å². The zero-order valence-corrected chi connectivity index (χ0v) is 57.9. The summed E-state index contributed by atoms with van der Waals surface area (Å²) in [6.07, 6.45) is 48.0. The van der Waals surface area contributed by atoms with Crippen LogP contribution in [-0.4, -0.2) is 96.7 Å². The Bertz CT molecular complexity index is 1690. The highest BCUT2D eigenvalue weighted by atomic mass is 31.2. The Morgan fingerprint density at radius 3 is 0.782 bits per heavy atom. The first-order chi connectivity index (χ1) is 42.0. The van der Waals surface area contributed by atoms with Crippen LogP contribution < -0.4 is 0 Å². The maximum atomic E-state index is 13.0. The van der Waals surface area contributed by atoms with E-state index in [4.69, 9.17) is 37.0 Å². The van der Waals surface area contributed by atoms with Gasteiger partial charge in [0.15, 0.2) is 12.2 Å². The van der Waals surface area contributed by atoms with E-state index in [1.54, 1.807) is 0 Å². The van der Waals surface area contributed by atoms with Crippen molar-refractivity contribution < 1.29 is 80.2 Å².